The standard InChI is InChI=1S/C27H27N9O4/c1-27(2,3)40-26(39)34-12-11-19(14-34)36-23-21(22(29)30-15-31-23)35(25(36)38)18-9-7-16(8-10-18)24(37)33-20-6-4-5-17(13-28)32-20/h4-10,15,19H,11-12,14H2,1-3H3,(H2,29,30,31)(H,32,33,37). The summed E-state index contributed by atoms with van der Waals surface area (Å²) in [4.78, 5) is 53.2. The quantitative estimate of drug-likeness (QED) is 0.394. The van der Waals surface area contributed by atoms with Crippen LogP contribution in [-0.4, -0.2) is 59.7 Å². The van der Waals surface area contributed by atoms with Crippen molar-refractivity contribution in [1.29, 1.82) is 5.26 Å². The molecule has 0 bridgehead atoms. The van der Waals surface area contributed by atoms with Crippen LogP contribution in [0.1, 0.15) is 49.3 Å². The number of imidazole rings is 1. The van der Waals surface area contributed by atoms with Gasteiger partial charge in [0.05, 0.1) is 11.7 Å². The number of ether oxygens (including phenoxy) is 1. The molecule has 204 valence electrons. The molecule has 2 amide bonds. The molecule has 3 N–H and O–H groups in total. The minimum atomic E-state index is -0.635. The first kappa shape index (κ1) is 26.4. The van der Waals surface area contributed by atoms with Gasteiger partial charge >= 0.3 is 11.8 Å². The average molecular weight is 542 g/mol. The fourth-order valence-electron chi connectivity index (χ4n) is 4.60. The van der Waals surface area contributed by atoms with Crippen molar-refractivity contribution >= 4 is 34.8 Å². The highest BCUT2D eigenvalue weighted by molar-refractivity contribution is 6.03. The Bertz CT molecular complexity index is 1710. The second-order valence-electron chi connectivity index (χ2n) is 10.3. The van der Waals surface area contributed by atoms with Crippen LogP contribution in [-0.2, 0) is 4.74 Å². The number of nitrogen functional groups attached to an aromatic ring is 1. The van der Waals surface area contributed by atoms with Crippen LogP contribution in [0.25, 0.3) is 16.9 Å². The summed E-state index contributed by atoms with van der Waals surface area (Å²) in [7, 11) is 0. The Morgan fingerprint density at radius 2 is 1.90 bits per heavy atom. The summed E-state index contributed by atoms with van der Waals surface area (Å²) in [6.45, 7) is 6.10. The fourth-order valence-corrected chi connectivity index (χ4v) is 4.60. The molecule has 1 aliphatic rings. The van der Waals surface area contributed by atoms with E-state index >= 15 is 0 Å². The van der Waals surface area contributed by atoms with Crippen LogP contribution in [0.5, 0.6) is 0 Å². The molecule has 5 rings (SSSR count). The lowest BCUT2D eigenvalue weighted by Gasteiger charge is -2.24. The second-order valence-corrected chi connectivity index (χ2v) is 10.3. The topological polar surface area (TPSA) is 174 Å². The van der Waals surface area contributed by atoms with E-state index in [2.05, 4.69) is 20.3 Å². The number of likely N-dealkylation sites (tertiary alicyclic amines) is 1. The van der Waals surface area contributed by atoms with Gasteiger partial charge in [-0.15, -0.1) is 0 Å². The minimum absolute atomic E-state index is 0.119. The third kappa shape index (κ3) is 5.06. The molecule has 4 heterocycles. The van der Waals surface area contributed by atoms with E-state index in [1.54, 1.807) is 62.1 Å². The van der Waals surface area contributed by atoms with Crippen LogP contribution < -0.4 is 16.7 Å². The molecule has 3 aromatic heterocycles. The van der Waals surface area contributed by atoms with Crippen LogP contribution in [0.2, 0.25) is 0 Å². The lowest BCUT2D eigenvalue weighted by atomic mass is 10.2. The van der Waals surface area contributed by atoms with E-state index in [0.717, 1.165) is 0 Å². The molecule has 1 aromatic carbocycles. The van der Waals surface area contributed by atoms with Crippen LogP contribution in [0.4, 0.5) is 16.4 Å². The molecule has 1 aliphatic heterocycles. The Kier molecular flexibility index (Phi) is 6.68. The van der Waals surface area contributed by atoms with E-state index in [9.17, 15) is 14.4 Å². The van der Waals surface area contributed by atoms with Gasteiger partial charge in [0.15, 0.2) is 11.5 Å². The number of benzene rings is 1. The Balaban J connectivity index is 1.45. The number of nitrogens with two attached hydrogens (primary N) is 1. The maximum Gasteiger partial charge on any atom is 0.410 e. The summed E-state index contributed by atoms with van der Waals surface area (Å²) in [5, 5.41) is 11.7. The highest BCUT2D eigenvalue weighted by atomic mass is 16.6. The molecule has 1 fully saturated rings. The first-order chi connectivity index (χ1) is 19.1. The summed E-state index contributed by atoms with van der Waals surface area (Å²) in [5.74, 6) is -0.0672. The lowest BCUT2D eigenvalue weighted by Crippen LogP contribution is -2.36. The van der Waals surface area contributed by atoms with Crippen molar-refractivity contribution in [3.8, 4) is 11.8 Å². The number of fused-ring (bicyclic) bond motifs is 1. The Hall–Kier alpha value is -5.25. The molecule has 1 unspecified atom stereocenters. The van der Waals surface area contributed by atoms with Crippen LogP contribution >= 0.6 is 0 Å². The Morgan fingerprint density at radius 3 is 2.60 bits per heavy atom. The zero-order chi connectivity index (χ0) is 28.6. The van der Waals surface area contributed by atoms with Crippen molar-refractivity contribution < 1.29 is 14.3 Å². The van der Waals surface area contributed by atoms with Gasteiger partial charge in [-0.3, -0.25) is 13.9 Å². The summed E-state index contributed by atoms with van der Waals surface area (Å²) in [6.07, 6.45) is 1.38. The number of aromatic nitrogens is 5. The van der Waals surface area contributed by atoms with E-state index in [1.807, 2.05) is 6.07 Å². The Morgan fingerprint density at radius 1 is 1.15 bits per heavy atom. The van der Waals surface area contributed by atoms with Gasteiger partial charge in [0, 0.05) is 18.7 Å². The van der Waals surface area contributed by atoms with Crippen molar-refractivity contribution in [2.75, 3.05) is 24.1 Å². The summed E-state index contributed by atoms with van der Waals surface area (Å²) in [5.41, 5.74) is 6.81. The maximum atomic E-state index is 13.8. The maximum absolute atomic E-state index is 13.8. The molecule has 0 radical (unpaired) electrons. The van der Waals surface area contributed by atoms with E-state index < -0.39 is 23.3 Å². The van der Waals surface area contributed by atoms with Gasteiger partial charge in [-0.25, -0.2) is 24.5 Å². The smallest absolute Gasteiger partial charge is 0.410 e. The molecule has 13 heteroatoms. The molecular formula is C27H27N9O4. The number of pyridine rings is 1. The van der Waals surface area contributed by atoms with Crippen molar-refractivity contribution in [2.45, 2.75) is 38.8 Å². The van der Waals surface area contributed by atoms with Gasteiger partial charge < -0.3 is 20.7 Å². The first-order valence-corrected chi connectivity index (χ1v) is 12.6. The molecular weight excluding hydrogens is 514 g/mol. The molecule has 13 nitrogen and oxygen atoms in total. The number of nitriles is 1. The number of hydrogen-bond acceptors (Lipinski definition) is 9. The number of carbonyl (C=O) groups is 2. The molecule has 1 atom stereocenters. The van der Waals surface area contributed by atoms with Crippen LogP contribution in [0, 0.1) is 11.3 Å². The first-order valence-electron chi connectivity index (χ1n) is 12.6. The van der Waals surface area contributed by atoms with Gasteiger partial charge in [-0.05, 0) is 63.6 Å². The minimum Gasteiger partial charge on any atom is -0.444 e. The molecule has 0 spiro atoms. The van der Waals surface area contributed by atoms with E-state index in [1.165, 1.54) is 21.5 Å². The van der Waals surface area contributed by atoms with Gasteiger partial charge in [0.25, 0.3) is 5.91 Å². The lowest BCUT2D eigenvalue weighted by molar-refractivity contribution is 0.0289. The Labute approximate surface area is 228 Å². The largest absolute Gasteiger partial charge is 0.444 e. The fraction of sp³-hybridized carbons (Fsp3) is 0.296. The van der Waals surface area contributed by atoms with Gasteiger partial charge in [-0.2, -0.15) is 5.26 Å². The van der Waals surface area contributed by atoms with Crippen molar-refractivity contribution in [2.24, 2.45) is 0 Å². The highest BCUT2D eigenvalue weighted by Gasteiger charge is 2.34. The SMILES string of the molecule is CC(C)(C)OC(=O)N1CCC(n2c(=O)n(-c3ccc(C(=O)Nc4cccc(C#N)n4)cc3)c3c(N)ncnc32)C1. The number of nitrogens with one attached hydrogen (secondary N) is 1. The van der Waals surface area contributed by atoms with Gasteiger partial charge in [0.2, 0.25) is 0 Å². The third-order valence-corrected chi connectivity index (χ3v) is 6.35. The van der Waals surface area contributed by atoms with E-state index in [-0.39, 0.29) is 29.9 Å². The van der Waals surface area contributed by atoms with Crippen molar-refractivity contribution in [3.05, 3.63) is 70.5 Å². The van der Waals surface area contributed by atoms with Crippen LogP contribution in [0.15, 0.2) is 53.6 Å². The summed E-state index contributed by atoms with van der Waals surface area (Å²) >= 11 is 0. The zero-order valence-electron chi connectivity index (χ0n) is 22.2. The normalized spacial score (nSPS) is 15.2. The monoisotopic (exact) mass is 541 g/mol. The third-order valence-electron chi connectivity index (χ3n) is 6.35. The number of hydrogen-bond donors (Lipinski definition) is 2. The van der Waals surface area contributed by atoms with Crippen LogP contribution in [0.3, 0.4) is 0 Å². The summed E-state index contributed by atoms with van der Waals surface area (Å²) in [6, 6.07) is 12.7. The number of anilines is 2. The zero-order valence-corrected chi connectivity index (χ0v) is 22.2. The summed E-state index contributed by atoms with van der Waals surface area (Å²) < 4.78 is 8.43. The molecule has 0 aliphatic carbocycles. The number of rotatable bonds is 4. The van der Waals surface area contributed by atoms with Gasteiger partial charge in [0.1, 0.15) is 35.0 Å². The predicted octanol–water partition coefficient (Wildman–Crippen LogP) is 2.87. The molecule has 40 heavy (non-hydrogen) atoms. The van der Waals surface area contributed by atoms with E-state index in [0.29, 0.717) is 35.4 Å². The number of amides is 2. The van der Waals surface area contributed by atoms with Crippen molar-refractivity contribution in [3.63, 3.8) is 0 Å². The second kappa shape index (κ2) is 10.1. The van der Waals surface area contributed by atoms with Gasteiger partial charge in [-0.1, -0.05) is 6.07 Å². The molecule has 4 aromatic rings. The number of nitrogens with zero attached hydrogens (tertiary/aromatic N) is 7. The number of carbonyl (C=O) groups excluding carboxylic acids is 2. The highest BCUT2D eigenvalue weighted by Crippen LogP contribution is 2.28. The predicted molar refractivity (Wildman–Crippen MR) is 146 cm³/mol. The molecule has 1 saturated heterocycles. The molecule has 0 saturated carbocycles. The van der Waals surface area contributed by atoms with E-state index in [4.69, 9.17) is 15.7 Å². The average Bonchev–Trinajstić information content (AvgIpc) is 3.51. The van der Waals surface area contributed by atoms with Crippen molar-refractivity contribution in [1.82, 2.24) is 29.0 Å².